The van der Waals surface area contributed by atoms with Gasteiger partial charge >= 0.3 is 0 Å². The molecule has 0 aliphatic heterocycles. The largest absolute Gasteiger partial charge is 0.493 e. The smallest absolute Gasteiger partial charge is 0.274 e. The first-order valence-corrected chi connectivity index (χ1v) is 12.3. The van der Waals surface area contributed by atoms with E-state index in [0.717, 1.165) is 33.0 Å². The molecule has 38 heavy (non-hydrogen) atoms. The monoisotopic (exact) mass is 504 g/mol. The molecule has 0 aliphatic rings. The molecule has 0 saturated carbocycles. The van der Waals surface area contributed by atoms with Crippen LogP contribution in [-0.2, 0) is 6.61 Å². The number of hydrogen-bond acceptors (Lipinski definition) is 5. The van der Waals surface area contributed by atoms with Crippen molar-refractivity contribution in [2.45, 2.75) is 13.5 Å². The summed E-state index contributed by atoms with van der Waals surface area (Å²) in [6, 6.07) is 29.1. The van der Waals surface area contributed by atoms with E-state index >= 15 is 0 Å². The van der Waals surface area contributed by atoms with Crippen molar-refractivity contribution in [1.29, 1.82) is 0 Å². The molecule has 0 spiro atoms. The molecule has 190 valence electrons. The van der Waals surface area contributed by atoms with Crippen LogP contribution in [-0.4, -0.2) is 25.1 Å². The summed E-state index contributed by atoms with van der Waals surface area (Å²) in [5.41, 5.74) is 4.88. The Bertz CT molecular complexity index is 1570. The van der Waals surface area contributed by atoms with Crippen LogP contribution in [0.15, 0.2) is 97.2 Å². The number of nitrogens with one attached hydrogen (secondary N) is 1. The highest BCUT2D eigenvalue weighted by Gasteiger charge is 2.20. The molecule has 0 unspecified atom stereocenters. The van der Waals surface area contributed by atoms with Crippen molar-refractivity contribution in [2.75, 3.05) is 19.5 Å². The van der Waals surface area contributed by atoms with Gasteiger partial charge in [0.15, 0.2) is 11.5 Å². The van der Waals surface area contributed by atoms with Crippen LogP contribution in [0.25, 0.3) is 21.9 Å². The van der Waals surface area contributed by atoms with E-state index in [-0.39, 0.29) is 5.91 Å². The van der Waals surface area contributed by atoms with Gasteiger partial charge in [-0.2, -0.15) is 0 Å². The van der Waals surface area contributed by atoms with E-state index in [1.54, 1.807) is 38.6 Å². The lowest BCUT2D eigenvalue weighted by Crippen LogP contribution is -2.14. The number of nitrogens with zero attached hydrogens (tertiary/aromatic N) is 1. The van der Waals surface area contributed by atoms with Gasteiger partial charge in [-0.05, 0) is 47.7 Å². The van der Waals surface area contributed by atoms with E-state index < -0.39 is 0 Å². The maximum atomic E-state index is 13.2. The van der Waals surface area contributed by atoms with Crippen molar-refractivity contribution in [3.05, 3.63) is 114 Å². The number of benzene rings is 4. The zero-order valence-electron chi connectivity index (χ0n) is 21.5. The Morgan fingerprint density at radius 2 is 1.47 bits per heavy atom. The van der Waals surface area contributed by atoms with Crippen molar-refractivity contribution >= 4 is 22.4 Å². The molecule has 4 aromatic carbocycles. The van der Waals surface area contributed by atoms with Crippen molar-refractivity contribution < 1.29 is 19.0 Å². The number of ether oxygens (including phenoxy) is 3. The molecular formula is C32H28N2O4. The summed E-state index contributed by atoms with van der Waals surface area (Å²) in [5.74, 6) is 1.46. The molecule has 1 heterocycles. The Hall–Kier alpha value is -4.84. The third kappa shape index (κ3) is 5.15. The highest BCUT2D eigenvalue weighted by Crippen LogP contribution is 2.45. The number of aryl methyl sites for hydroxylation is 1. The van der Waals surface area contributed by atoms with Gasteiger partial charge in [0, 0.05) is 23.2 Å². The average Bonchev–Trinajstić information content (AvgIpc) is 2.96. The summed E-state index contributed by atoms with van der Waals surface area (Å²) < 4.78 is 17.6. The van der Waals surface area contributed by atoms with E-state index in [9.17, 15) is 4.79 Å². The van der Waals surface area contributed by atoms with Crippen LogP contribution < -0.4 is 19.5 Å². The molecule has 1 N–H and O–H groups in total. The molecule has 5 aromatic rings. The van der Waals surface area contributed by atoms with Crippen LogP contribution in [0, 0.1) is 6.92 Å². The zero-order valence-corrected chi connectivity index (χ0v) is 21.5. The quantitative estimate of drug-likeness (QED) is 0.245. The number of hydrogen-bond donors (Lipinski definition) is 1. The number of methoxy groups -OCH3 is 2. The van der Waals surface area contributed by atoms with Gasteiger partial charge in [0.25, 0.3) is 5.91 Å². The first-order chi connectivity index (χ1) is 18.6. The first kappa shape index (κ1) is 24.8. The molecule has 0 aliphatic carbocycles. The lowest BCUT2D eigenvalue weighted by molar-refractivity contribution is 0.102. The summed E-state index contributed by atoms with van der Waals surface area (Å²) in [6.45, 7) is 2.40. The number of carbonyl (C=O) groups excluding carboxylic acids is 1. The van der Waals surface area contributed by atoms with Crippen molar-refractivity contribution in [3.63, 3.8) is 0 Å². The number of amides is 1. The molecule has 0 bridgehead atoms. The average molecular weight is 505 g/mol. The minimum absolute atomic E-state index is 0.312. The summed E-state index contributed by atoms with van der Waals surface area (Å²) in [6.07, 6.45) is 1.60. The zero-order chi connectivity index (χ0) is 26.5. The van der Waals surface area contributed by atoms with Crippen LogP contribution in [0.4, 0.5) is 5.69 Å². The minimum atomic E-state index is -0.312. The van der Waals surface area contributed by atoms with E-state index in [1.807, 2.05) is 79.7 Å². The molecule has 1 amide bonds. The Labute approximate surface area is 221 Å². The van der Waals surface area contributed by atoms with Crippen molar-refractivity contribution in [2.24, 2.45) is 0 Å². The summed E-state index contributed by atoms with van der Waals surface area (Å²) in [4.78, 5) is 17.5. The Morgan fingerprint density at radius 1 is 0.789 bits per heavy atom. The molecule has 0 radical (unpaired) electrons. The molecule has 1 aromatic heterocycles. The van der Waals surface area contributed by atoms with Gasteiger partial charge in [0.1, 0.15) is 18.1 Å². The van der Waals surface area contributed by atoms with E-state index in [4.69, 9.17) is 14.2 Å². The number of anilines is 1. The Kier molecular flexibility index (Phi) is 7.22. The lowest BCUT2D eigenvalue weighted by Gasteiger charge is -2.20. The predicted molar refractivity (Wildman–Crippen MR) is 150 cm³/mol. The number of fused-ring (bicyclic) bond motifs is 1. The van der Waals surface area contributed by atoms with Gasteiger partial charge in [-0.15, -0.1) is 0 Å². The highest BCUT2D eigenvalue weighted by molar-refractivity contribution is 6.12. The molecule has 0 fully saturated rings. The molecule has 5 rings (SSSR count). The topological polar surface area (TPSA) is 69.7 Å². The number of carbonyl (C=O) groups is 1. The Balaban J connectivity index is 1.73. The van der Waals surface area contributed by atoms with Gasteiger partial charge in [-0.3, -0.25) is 9.78 Å². The van der Waals surface area contributed by atoms with Crippen LogP contribution in [0.2, 0.25) is 0 Å². The summed E-state index contributed by atoms with van der Waals surface area (Å²) in [5, 5.41) is 4.78. The Morgan fingerprint density at radius 3 is 2.13 bits per heavy atom. The normalized spacial score (nSPS) is 10.7. The van der Waals surface area contributed by atoms with Crippen LogP contribution >= 0.6 is 0 Å². The van der Waals surface area contributed by atoms with Crippen LogP contribution in [0.1, 0.15) is 21.6 Å². The van der Waals surface area contributed by atoms with Gasteiger partial charge < -0.3 is 19.5 Å². The number of aromatic nitrogens is 1. The van der Waals surface area contributed by atoms with E-state index in [0.29, 0.717) is 35.2 Å². The number of rotatable bonds is 8. The molecule has 6 heteroatoms. The maximum absolute atomic E-state index is 13.2. The van der Waals surface area contributed by atoms with Gasteiger partial charge in [-0.25, -0.2) is 0 Å². The predicted octanol–water partition coefficient (Wildman–Crippen LogP) is 7.06. The fraction of sp³-hybridized carbons (Fsp3) is 0.125. The molecular weight excluding hydrogens is 476 g/mol. The molecule has 0 saturated heterocycles. The fourth-order valence-electron chi connectivity index (χ4n) is 4.38. The summed E-state index contributed by atoms with van der Waals surface area (Å²) >= 11 is 0. The number of pyridine rings is 1. The third-order valence-corrected chi connectivity index (χ3v) is 6.33. The van der Waals surface area contributed by atoms with Crippen LogP contribution in [0.3, 0.4) is 0 Å². The SMILES string of the molecule is COc1cc2c(OCc3ccccc3)cc(NC(=O)c3ccccn3)c(-c3ccc(C)cc3)c2cc1OC. The van der Waals surface area contributed by atoms with E-state index in [1.165, 1.54) is 0 Å². The molecule has 6 nitrogen and oxygen atoms in total. The van der Waals surface area contributed by atoms with Gasteiger partial charge in [0.05, 0.1) is 19.9 Å². The second-order valence-electron chi connectivity index (χ2n) is 8.86. The van der Waals surface area contributed by atoms with Crippen molar-refractivity contribution in [1.82, 2.24) is 4.98 Å². The summed E-state index contributed by atoms with van der Waals surface area (Å²) in [7, 11) is 3.21. The van der Waals surface area contributed by atoms with Gasteiger partial charge in [0.2, 0.25) is 0 Å². The minimum Gasteiger partial charge on any atom is -0.493 e. The fourth-order valence-corrected chi connectivity index (χ4v) is 4.38. The second-order valence-corrected chi connectivity index (χ2v) is 8.86. The lowest BCUT2D eigenvalue weighted by atomic mass is 9.94. The van der Waals surface area contributed by atoms with Crippen LogP contribution in [0.5, 0.6) is 17.2 Å². The highest BCUT2D eigenvalue weighted by atomic mass is 16.5. The third-order valence-electron chi connectivity index (χ3n) is 6.33. The van der Waals surface area contributed by atoms with Crippen molar-refractivity contribution in [3.8, 4) is 28.4 Å². The second kappa shape index (κ2) is 11.0. The molecule has 0 atom stereocenters. The van der Waals surface area contributed by atoms with Gasteiger partial charge in [-0.1, -0.05) is 66.2 Å². The standard InChI is InChI=1S/C32H28N2O4/c1-21-12-14-23(15-13-21)31-25-18-30(37-3)29(36-2)17-24(25)28(38-20-22-9-5-4-6-10-22)19-27(31)34-32(35)26-11-7-8-16-33-26/h4-19H,20H2,1-3H3,(H,34,35). The van der Waals surface area contributed by atoms with E-state index in [2.05, 4.69) is 10.3 Å². The maximum Gasteiger partial charge on any atom is 0.274 e. The first-order valence-electron chi connectivity index (χ1n) is 12.3.